The number of thiophene rings is 1. The number of benzene rings is 10. The van der Waals surface area contributed by atoms with Crippen molar-refractivity contribution in [2.75, 3.05) is 10.2 Å². The zero-order valence-electron chi connectivity index (χ0n) is 42.8. The first-order chi connectivity index (χ1) is 34.5. The van der Waals surface area contributed by atoms with Gasteiger partial charge in [0.1, 0.15) is 0 Å². The molecule has 0 saturated carbocycles. The predicted octanol–water partition coefficient (Wildman–Crippen LogP) is 21.1. The van der Waals surface area contributed by atoms with E-state index >= 15 is 0 Å². The Hall–Kier alpha value is -7.17. The van der Waals surface area contributed by atoms with Gasteiger partial charge < -0.3 is 10.2 Å². The number of anilines is 5. The monoisotopic (exact) mass is 972 g/mol. The van der Waals surface area contributed by atoms with E-state index in [1.165, 1.54) is 59.1 Å². The van der Waals surface area contributed by atoms with Crippen molar-refractivity contribution in [3.05, 3.63) is 221 Å². The summed E-state index contributed by atoms with van der Waals surface area (Å²) in [6, 6.07) is 71.5. The molecule has 2 nitrogen and oxygen atoms in total. The number of hydrogen-bond donors (Lipinski definition) is 1. The van der Waals surface area contributed by atoms with Gasteiger partial charge in [0.15, 0.2) is 0 Å². The van der Waals surface area contributed by atoms with Crippen LogP contribution in [0.2, 0.25) is 5.02 Å². The number of fused-ring (bicyclic) bond motifs is 7. The van der Waals surface area contributed by atoms with E-state index in [0.29, 0.717) is 5.02 Å². The summed E-state index contributed by atoms with van der Waals surface area (Å²) in [6.07, 6.45) is 0. The number of hydrogen-bond acceptors (Lipinski definition) is 3. The fourth-order valence-electron chi connectivity index (χ4n) is 10.4. The van der Waals surface area contributed by atoms with Crippen LogP contribution >= 0.6 is 22.9 Å². The average molecular weight is 974 g/mol. The normalized spacial score (nSPS) is 12.3. The molecule has 4 heteroatoms. The highest BCUT2D eigenvalue weighted by molar-refractivity contribution is 7.17. The highest BCUT2D eigenvalue weighted by atomic mass is 35.5. The summed E-state index contributed by atoms with van der Waals surface area (Å²) in [5, 5.41) is 15.7. The van der Waals surface area contributed by atoms with Gasteiger partial charge in [-0.3, -0.25) is 0 Å². The maximum absolute atomic E-state index is 8.08. The Morgan fingerprint density at radius 3 is 1.44 bits per heavy atom. The molecule has 0 fully saturated rings. The van der Waals surface area contributed by atoms with E-state index in [9.17, 15) is 0 Å². The van der Waals surface area contributed by atoms with Crippen LogP contribution in [-0.2, 0) is 16.2 Å². The van der Waals surface area contributed by atoms with Crippen molar-refractivity contribution in [3.63, 3.8) is 0 Å². The van der Waals surface area contributed by atoms with Crippen molar-refractivity contribution in [1.82, 2.24) is 0 Å². The molecular formula is C68H61ClN2S. The molecule has 1 aromatic heterocycles. The van der Waals surface area contributed by atoms with Gasteiger partial charge in [0.2, 0.25) is 0 Å². The molecular weight excluding hydrogens is 912 g/mol. The first kappa shape index (κ1) is 47.2. The lowest BCUT2D eigenvalue weighted by molar-refractivity contribution is 0.590. The van der Waals surface area contributed by atoms with Gasteiger partial charge in [-0.1, -0.05) is 213 Å². The van der Waals surface area contributed by atoms with Crippen LogP contribution in [0.5, 0.6) is 0 Å². The third-order valence-electron chi connectivity index (χ3n) is 14.5. The Balaban J connectivity index is 1.18. The first-order valence-electron chi connectivity index (χ1n) is 25.2. The summed E-state index contributed by atoms with van der Waals surface area (Å²) in [5.41, 5.74) is 15.2. The molecule has 0 unspecified atom stereocenters. The molecule has 1 heterocycles. The van der Waals surface area contributed by atoms with Crippen molar-refractivity contribution in [2.24, 2.45) is 0 Å². The SMILES string of the molecule is CC(C)(C)c1ccc(N(c2cccc(Nc3c(-c4ccccc4)cc(C(C)(C)C)cc3-c3ccccc3)c2Cl)c2csc3ccc(C(C)(C)C)cc23)c(-c2ccc3c4ccccc4c4ccccc4c3c2)c1. The quantitative estimate of drug-likeness (QED) is 0.153. The van der Waals surface area contributed by atoms with Crippen molar-refractivity contribution in [3.8, 4) is 33.4 Å². The first-order valence-corrected chi connectivity index (χ1v) is 26.4. The van der Waals surface area contributed by atoms with Crippen molar-refractivity contribution in [1.29, 1.82) is 0 Å². The van der Waals surface area contributed by atoms with Gasteiger partial charge >= 0.3 is 0 Å². The fourth-order valence-corrected chi connectivity index (χ4v) is 11.5. The second-order valence-corrected chi connectivity index (χ2v) is 23.7. The van der Waals surface area contributed by atoms with E-state index in [1.807, 2.05) is 0 Å². The van der Waals surface area contributed by atoms with Crippen LogP contribution in [0.4, 0.5) is 28.4 Å². The van der Waals surface area contributed by atoms with E-state index in [2.05, 4.69) is 272 Å². The number of halogens is 1. The van der Waals surface area contributed by atoms with Crippen LogP contribution in [-0.4, -0.2) is 0 Å². The van der Waals surface area contributed by atoms with Crippen LogP contribution in [0.3, 0.4) is 0 Å². The Morgan fingerprint density at radius 1 is 0.375 bits per heavy atom. The number of nitrogens with one attached hydrogen (secondary N) is 1. The van der Waals surface area contributed by atoms with Crippen LogP contribution in [0.1, 0.15) is 79.0 Å². The zero-order chi connectivity index (χ0) is 50.1. The summed E-state index contributed by atoms with van der Waals surface area (Å²) < 4.78 is 1.23. The van der Waals surface area contributed by atoms with Crippen LogP contribution in [0.25, 0.3) is 75.8 Å². The molecule has 356 valence electrons. The topological polar surface area (TPSA) is 15.3 Å². The number of rotatable bonds is 8. The van der Waals surface area contributed by atoms with Gasteiger partial charge in [0.05, 0.1) is 33.5 Å². The maximum Gasteiger partial charge on any atom is 0.0881 e. The summed E-state index contributed by atoms with van der Waals surface area (Å²) in [5.74, 6) is 0. The van der Waals surface area contributed by atoms with Gasteiger partial charge in [-0.2, -0.15) is 0 Å². The Labute approximate surface area is 434 Å². The van der Waals surface area contributed by atoms with Gasteiger partial charge in [0.25, 0.3) is 0 Å². The molecule has 0 aliphatic heterocycles. The molecule has 0 saturated heterocycles. The molecule has 72 heavy (non-hydrogen) atoms. The Morgan fingerprint density at radius 2 is 0.875 bits per heavy atom. The van der Waals surface area contributed by atoms with Crippen LogP contribution in [0.15, 0.2) is 200 Å². The highest BCUT2D eigenvalue weighted by Crippen LogP contribution is 2.52. The minimum absolute atomic E-state index is 0.0489. The number of nitrogens with zero attached hydrogens (tertiary/aromatic N) is 1. The van der Waals surface area contributed by atoms with Crippen LogP contribution < -0.4 is 10.2 Å². The van der Waals surface area contributed by atoms with E-state index in [1.54, 1.807) is 11.3 Å². The summed E-state index contributed by atoms with van der Waals surface area (Å²) >= 11 is 9.86. The summed E-state index contributed by atoms with van der Waals surface area (Å²) in [7, 11) is 0. The highest BCUT2D eigenvalue weighted by Gasteiger charge is 2.28. The predicted molar refractivity (Wildman–Crippen MR) is 316 cm³/mol. The lowest BCUT2D eigenvalue weighted by Crippen LogP contribution is -2.15. The molecule has 0 aliphatic carbocycles. The van der Waals surface area contributed by atoms with E-state index in [4.69, 9.17) is 11.6 Å². The lowest BCUT2D eigenvalue weighted by atomic mass is 9.82. The third-order valence-corrected chi connectivity index (χ3v) is 15.8. The molecule has 0 aliphatic rings. The van der Waals surface area contributed by atoms with E-state index in [-0.39, 0.29) is 16.2 Å². The zero-order valence-corrected chi connectivity index (χ0v) is 44.4. The molecule has 0 amide bonds. The Bertz CT molecular complexity index is 3750. The lowest BCUT2D eigenvalue weighted by Gasteiger charge is -2.31. The molecule has 1 N–H and O–H groups in total. The fraction of sp³-hybridized carbons (Fsp3) is 0.176. The minimum Gasteiger partial charge on any atom is -0.353 e. The Kier molecular flexibility index (Phi) is 11.9. The van der Waals surface area contributed by atoms with Gasteiger partial charge in [-0.15, -0.1) is 11.3 Å². The van der Waals surface area contributed by atoms with E-state index in [0.717, 1.165) is 61.8 Å². The molecule has 0 spiro atoms. The summed E-state index contributed by atoms with van der Waals surface area (Å²) in [6.45, 7) is 20.7. The van der Waals surface area contributed by atoms with Crippen LogP contribution in [0, 0.1) is 0 Å². The smallest absolute Gasteiger partial charge is 0.0881 e. The largest absolute Gasteiger partial charge is 0.353 e. The molecule has 11 rings (SSSR count). The maximum atomic E-state index is 8.08. The van der Waals surface area contributed by atoms with Crippen molar-refractivity contribution >= 4 is 93.8 Å². The minimum atomic E-state index is -0.106. The molecule has 0 radical (unpaired) electrons. The second-order valence-electron chi connectivity index (χ2n) is 22.4. The molecule has 0 bridgehead atoms. The van der Waals surface area contributed by atoms with Gasteiger partial charge in [-0.05, 0) is 137 Å². The summed E-state index contributed by atoms with van der Waals surface area (Å²) in [4.78, 5) is 2.43. The third kappa shape index (κ3) is 8.63. The van der Waals surface area contributed by atoms with Gasteiger partial charge in [-0.25, -0.2) is 0 Å². The molecule has 11 aromatic rings. The van der Waals surface area contributed by atoms with E-state index < -0.39 is 0 Å². The molecule has 0 atom stereocenters. The second kappa shape index (κ2) is 18.1. The average Bonchev–Trinajstić information content (AvgIpc) is 3.80. The van der Waals surface area contributed by atoms with Gasteiger partial charge in [0, 0.05) is 32.2 Å². The molecule has 10 aromatic carbocycles. The standard InChI is InChI=1S/C68H61ClN2S/c1-66(2,3)46-32-35-60(54(38-46)45-31-34-53-51-27-17-16-25-49(51)50-26-18-19-28-52(50)57(53)37-45)71(62-42-72-63-36-33-47(39-58(62)63)67(4,5)6)61-30-20-29-59(64(61)69)70-65-55(43-21-12-10-13-22-43)40-48(68(7,8)9)41-56(65)44-23-14-11-15-24-44/h10-42,70H,1-9H3. The van der Waals surface area contributed by atoms with Crippen molar-refractivity contribution < 1.29 is 0 Å². The van der Waals surface area contributed by atoms with Crippen molar-refractivity contribution in [2.45, 2.75) is 78.6 Å².